The number of piperidine rings is 1. The van der Waals surface area contributed by atoms with Crippen molar-refractivity contribution >= 4 is 17.7 Å². The number of hydrogen-bond donors (Lipinski definition) is 1. The maximum atomic E-state index is 14.5. The highest BCUT2D eigenvalue weighted by atomic mass is 19.1. The number of halogens is 2. The zero-order valence-corrected chi connectivity index (χ0v) is 21.8. The fraction of sp³-hybridized carbons (Fsp3) is 0.500. The first-order valence-corrected chi connectivity index (χ1v) is 13.7. The van der Waals surface area contributed by atoms with Crippen molar-refractivity contribution in [2.24, 2.45) is 11.3 Å². The molecule has 0 bridgehead atoms. The Hall–Kier alpha value is -3.29. The molecule has 2 aliphatic heterocycles. The van der Waals surface area contributed by atoms with Crippen molar-refractivity contribution in [2.75, 3.05) is 26.2 Å². The minimum Gasteiger partial charge on any atom is -0.349 e. The number of rotatable bonds is 4. The summed E-state index contributed by atoms with van der Waals surface area (Å²) in [5.41, 5.74) is 0.267. The highest BCUT2D eigenvalue weighted by Gasteiger charge is 2.45. The maximum Gasteiger partial charge on any atom is 0.259 e. The summed E-state index contributed by atoms with van der Waals surface area (Å²) in [4.78, 5) is 42.8. The van der Waals surface area contributed by atoms with Gasteiger partial charge in [-0.2, -0.15) is 0 Å². The Morgan fingerprint density at radius 1 is 0.895 bits per heavy atom. The van der Waals surface area contributed by atoms with E-state index in [1.165, 1.54) is 17.9 Å². The molecule has 3 fully saturated rings. The number of benzene rings is 2. The van der Waals surface area contributed by atoms with Gasteiger partial charge >= 0.3 is 0 Å². The molecule has 3 amide bonds. The van der Waals surface area contributed by atoms with Gasteiger partial charge in [-0.3, -0.25) is 14.4 Å². The van der Waals surface area contributed by atoms with Gasteiger partial charge in [-0.1, -0.05) is 37.1 Å². The normalized spacial score (nSPS) is 22.9. The molecule has 8 heteroatoms. The van der Waals surface area contributed by atoms with E-state index < -0.39 is 23.1 Å². The molecule has 1 N–H and O–H groups in total. The smallest absolute Gasteiger partial charge is 0.259 e. The Labute approximate surface area is 222 Å². The molecule has 202 valence electrons. The summed E-state index contributed by atoms with van der Waals surface area (Å²) in [5.74, 6) is -2.52. The van der Waals surface area contributed by atoms with Crippen molar-refractivity contribution in [1.29, 1.82) is 0 Å². The molecule has 2 atom stereocenters. The van der Waals surface area contributed by atoms with Gasteiger partial charge in [0.2, 0.25) is 5.91 Å². The van der Waals surface area contributed by atoms with Gasteiger partial charge in [0.05, 0.1) is 5.92 Å². The van der Waals surface area contributed by atoms with Crippen LogP contribution >= 0.6 is 0 Å². The van der Waals surface area contributed by atoms with Crippen molar-refractivity contribution in [3.63, 3.8) is 0 Å². The lowest BCUT2D eigenvalue weighted by Crippen LogP contribution is -2.50. The monoisotopic (exact) mass is 523 g/mol. The van der Waals surface area contributed by atoms with Gasteiger partial charge in [0, 0.05) is 37.8 Å². The quantitative estimate of drug-likeness (QED) is 0.631. The van der Waals surface area contributed by atoms with Gasteiger partial charge in [0.25, 0.3) is 11.8 Å². The molecule has 2 heterocycles. The maximum absolute atomic E-state index is 14.5. The Kier molecular flexibility index (Phi) is 7.50. The van der Waals surface area contributed by atoms with Gasteiger partial charge < -0.3 is 15.1 Å². The second-order valence-electron chi connectivity index (χ2n) is 11.2. The molecule has 0 aromatic heterocycles. The van der Waals surface area contributed by atoms with E-state index >= 15 is 0 Å². The van der Waals surface area contributed by atoms with Crippen molar-refractivity contribution < 1.29 is 23.2 Å². The Morgan fingerprint density at radius 3 is 2.26 bits per heavy atom. The van der Waals surface area contributed by atoms with Gasteiger partial charge in [-0.15, -0.1) is 0 Å². The van der Waals surface area contributed by atoms with Crippen molar-refractivity contribution in [3.05, 3.63) is 70.8 Å². The van der Waals surface area contributed by atoms with Crippen LogP contribution in [0.25, 0.3) is 0 Å². The lowest BCUT2D eigenvalue weighted by molar-refractivity contribution is -0.136. The summed E-state index contributed by atoms with van der Waals surface area (Å²) in [6, 6.07) is 11.4. The van der Waals surface area contributed by atoms with Crippen LogP contribution < -0.4 is 5.32 Å². The van der Waals surface area contributed by atoms with E-state index in [0.29, 0.717) is 44.6 Å². The van der Waals surface area contributed by atoms with Gasteiger partial charge in [0.1, 0.15) is 17.2 Å². The first-order valence-electron chi connectivity index (χ1n) is 13.7. The summed E-state index contributed by atoms with van der Waals surface area (Å²) < 4.78 is 28.8. The van der Waals surface area contributed by atoms with Crippen LogP contribution in [0.2, 0.25) is 0 Å². The summed E-state index contributed by atoms with van der Waals surface area (Å²) in [6.07, 6.45) is 5.74. The minimum atomic E-state index is -0.836. The SMILES string of the molecule is Cc1ccc(F)c(C(=O)N2CCC3(CC2)CCN(C(=O)[C@H]2CCCC[C@H]2NC(=O)c2ccccc2)C3)c1F. The third kappa shape index (κ3) is 5.18. The molecular formula is C30H35F2N3O3. The number of nitrogens with one attached hydrogen (secondary N) is 1. The molecule has 3 aliphatic rings. The van der Waals surface area contributed by atoms with Crippen LogP contribution in [-0.2, 0) is 4.79 Å². The number of carbonyl (C=O) groups excluding carboxylic acids is 3. The van der Waals surface area contributed by atoms with E-state index in [1.807, 2.05) is 23.1 Å². The average molecular weight is 524 g/mol. The van der Waals surface area contributed by atoms with Crippen LogP contribution in [0.5, 0.6) is 0 Å². The Balaban J connectivity index is 1.20. The number of hydrogen-bond acceptors (Lipinski definition) is 3. The standard InChI is InChI=1S/C30H35F2N3O3/c1-20-11-12-23(31)25(26(20)32)29(38)34-16-13-30(14-17-34)15-18-35(19-30)28(37)22-9-5-6-10-24(22)33-27(36)21-7-3-2-4-8-21/h2-4,7-8,11-12,22,24H,5-6,9-10,13-19H2,1H3,(H,33,36)/t22-,24+/m0/s1. The molecule has 0 unspecified atom stereocenters. The summed E-state index contributed by atoms with van der Waals surface area (Å²) in [6.45, 7) is 3.62. The molecule has 5 rings (SSSR count). The Morgan fingerprint density at radius 2 is 1.55 bits per heavy atom. The molecule has 2 aromatic rings. The lowest BCUT2D eigenvalue weighted by Gasteiger charge is -2.40. The van der Waals surface area contributed by atoms with Crippen LogP contribution in [0.4, 0.5) is 8.78 Å². The molecular weight excluding hydrogens is 488 g/mol. The number of amides is 3. The van der Waals surface area contributed by atoms with Crippen LogP contribution in [0.1, 0.15) is 71.2 Å². The predicted molar refractivity (Wildman–Crippen MR) is 140 cm³/mol. The Bertz CT molecular complexity index is 1210. The third-order valence-electron chi connectivity index (χ3n) is 8.79. The van der Waals surface area contributed by atoms with E-state index in [9.17, 15) is 23.2 Å². The van der Waals surface area contributed by atoms with Crippen LogP contribution in [0.3, 0.4) is 0 Å². The number of carbonyl (C=O) groups is 3. The summed E-state index contributed by atoms with van der Waals surface area (Å²) in [5, 5.41) is 3.12. The molecule has 1 saturated carbocycles. The van der Waals surface area contributed by atoms with E-state index in [4.69, 9.17) is 0 Å². The largest absolute Gasteiger partial charge is 0.349 e. The number of likely N-dealkylation sites (tertiary alicyclic amines) is 2. The van der Waals surface area contributed by atoms with E-state index in [-0.39, 0.29) is 34.8 Å². The van der Waals surface area contributed by atoms with Crippen molar-refractivity contribution in [1.82, 2.24) is 15.1 Å². The molecule has 2 saturated heterocycles. The average Bonchev–Trinajstić information content (AvgIpc) is 3.35. The number of aryl methyl sites for hydroxylation is 1. The van der Waals surface area contributed by atoms with Crippen molar-refractivity contribution in [3.8, 4) is 0 Å². The topological polar surface area (TPSA) is 69.7 Å². The lowest BCUT2D eigenvalue weighted by atomic mass is 9.77. The zero-order chi connectivity index (χ0) is 26.9. The fourth-order valence-corrected chi connectivity index (χ4v) is 6.40. The molecule has 38 heavy (non-hydrogen) atoms. The predicted octanol–water partition coefficient (Wildman–Crippen LogP) is 4.72. The summed E-state index contributed by atoms with van der Waals surface area (Å²) >= 11 is 0. The molecule has 1 spiro atoms. The zero-order valence-electron chi connectivity index (χ0n) is 21.8. The van der Waals surface area contributed by atoms with Crippen LogP contribution in [0.15, 0.2) is 42.5 Å². The summed E-state index contributed by atoms with van der Waals surface area (Å²) in [7, 11) is 0. The van der Waals surface area contributed by atoms with Gasteiger partial charge in [0.15, 0.2) is 0 Å². The van der Waals surface area contributed by atoms with Crippen LogP contribution in [0, 0.1) is 29.9 Å². The molecule has 1 aliphatic carbocycles. The first kappa shape index (κ1) is 26.3. The van der Waals surface area contributed by atoms with E-state index in [2.05, 4.69) is 5.32 Å². The highest BCUT2D eigenvalue weighted by Crippen LogP contribution is 2.42. The second-order valence-corrected chi connectivity index (χ2v) is 11.2. The third-order valence-corrected chi connectivity index (χ3v) is 8.79. The second kappa shape index (κ2) is 10.8. The fourth-order valence-electron chi connectivity index (χ4n) is 6.40. The van der Waals surface area contributed by atoms with Crippen LogP contribution in [-0.4, -0.2) is 59.7 Å². The first-order chi connectivity index (χ1) is 18.3. The van der Waals surface area contributed by atoms with Gasteiger partial charge in [-0.05, 0) is 68.2 Å². The van der Waals surface area contributed by atoms with Gasteiger partial charge in [-0.25, -0.2) is 8.78 Å². The van der Waals surface area contributed by atoms with E-state index in [1.54, 1.807) is 12.1 Å². The number of nitrogens with zero attached hydrogens (tertiary/aromatic N) is 2. The molecule has 0 radical (unpaired) electrons. The highest BCUT2D eigenvalue weighted by molar-refractivity contribution is 5.95. The minimum absolute atomic E-state index is 0.0897. The molecule has 2 aromatic carbocycles. The molecule has 6 nitrogen and oxygen atoms in total. The van der Waals surface area contributed by atoms with Crippen molar-refractivity contribution in [2.45, 2.75) is 57.9 Å². The van der Waals surface area contributed by atoms with E-state index in [0.717, 1.165) is 38.2 Å².